The summed E-state index contributed by atoms with van der Waals surface area (Å²) in [5.74, 6) is 0.796. The molecule has 1 aliphatic carbocycles. The van der Waals surface area contributed by atoms with Gasteiger partial charge in [-0.2, -0.15) is 0 Å². The van der Waals surface area contributed by atoms with Crippen LogP contribution in [0.15, 0.2) is 24.3 Å². The number of hydrogen-bond donors (Lipinski definition) is 2. The number of nitrogen functional groups attached to an aromatic ring is 1. The predicted octanol–water partition coefficient (Wildman–Crippen LogP) is 2.46. The lowest BCUT2D eigenvalue weighted by molar-refractivity contribution is -0.123. The number of anilines is 1. The van der Waals surface area contributed by atoms with Gasteiger partial charge in [-0.3, -0.25) is 4.79 Å². The number of carbonyl (C=O) groups is 1. The Morgan fingerprint density at radius 3 is 2.44 bits per heavy atom. The maximum atomic E-state index is 12.3. The fourth-order valence-corrected chi connectivity index (χ4v) is 2.22. The van der Waals surface area contributed by atoms with E-state index in [9.17, 15) is 4.79 Å². The molecule has 3 heteroatoms. The molecule has 0 aromatic heterocycles. The Labute approximate surface area is 109 Å². The van der Waals surface area contributed by atoms with Crippen LogP contribution in [0, 0.1) is 5.92 Å². The van der Waals surface area contributed by atoms with E-state index in [0.717, 1.165) is 37.1 Å². The highest BCUT2D eigenvalue weighted by atomic mass is 16.2. The van der Waals surface area contributed by atoms with Gasteiger partial charge in [0.2, 0.25) is 5.91 Å². The number of benzene rings is 1. The van der Waals surface area contributed by atoms with Gasteiger partial charge in [0.05, 0.1) is 5.41 Å². The lowest BCUT2D eigenvalue weighted by atomic mass is 9.94. The van der Waals surface area contributed by atoms with Gasteiger partial charge in [0, 0.05) is 12.2 Å². The van der Waals surface area contributed by atoms with E-state index in [1.165, 1.54) is 0 Å². The van der Waals surface area contributed by atoms with Crippen LogP contribution in [0.2, 0.25) is 0 Å². The van der Waals surface area contributed by atoms with E-state index >= 15 is 0 Å². The van der Waals surface area contributed by atoms with Gasteiger partial charge < -0.3 is 11.1 Å². The average molecular weight is 246 g/mol. The maximum absolute atomic E-state index is 12.3. The summed E-state index contributed by atoms with van der Waals surface area (Å²) in [5.41, 5.74) is 7.25. The maximum Gasteiger partial charge on any atom is 0.230 e. The third-order valence-electron chi connectivity index (χ3n) is 3.66. The monoisotopic (exact) mass is 246 g/mol. The molecule has 1 aromatic rings. The largest absolute Gasteiger partial charge is 0.399 e. The van der Waals surface area contributed by atoms with Crippen LogP contribution in [0.25, 0.3) is 0 Å². The van der Waals surface area contributed by atoms with Crippen LogP contribution in [0.1, 0.15) is 38.7 Å². The summed E-state index contributed by atoms with van der Waals surface area (Å²) in [5, 5.41) is 3.06. The van der Waals surface area contributed by atoms with Crippen molar-refractivity contribution >= 4 is 11.6 Å². The second-order valence-corrected chi connectivity index (χ2v) is 5.64. The Kier molecular flexibility index (Phi) is 3.60. The third kappa shape index (κ3) is 2.66. The number of nitrogens with one attached hydrogen (secondary N) is 1. The third-order valence-corrected chi connectivity index (χ3v) is 3.66. The number of amides is 1. The summed E-state index contributed by atoms with van der Waals surface area (Å²) < 4.78 is 0. The van der Waals surface area contributed by atoms with Crippen molar-refractivity contribution in [3.8, 4) is 0 Å². The van der Waals surface area contributed by atoms with E-state index in [4.69, 9.17) is 5.73 Å². The average Bonchev–Trinajstić information content (AvgIpc) is 3.10. The molecule has 3 nitrogen and oxygen atoms in total. The molecule has 1 aromatic carbocycles. The molecule has 1 saturated carbocycles. The van der Waals surface area contributed by atoms with E-state index in [1.54, 1.807) is 0 Å². The summed E-state index contributed by atoms with van der Waals surface area (Å²) in [6.07, 6.45) is 2.93. The van der Waals surface area contributed by atoms with Gasteiger partial charge in [0.15, 0.2) is 0 Å². The second kappa shape index (κ2) is 5.01. The molecular formula is C15H22N2O. The quantitative estimate of drug-likeness (QED) is 0.784. The molecule has 3 N–H and O–H groups in total. The minimum atomic E-state index is -0.273. The molecule has 0 saturated heterocycles. The first-order valence-corrected chi connectivity index (χ1v) is 6.69. The van der Waals surface area contributed by atoms with Gasteiger partial charge >= 0.3 is 0 Å². The molecule has 0 atom stereocenters. The van der Waals surface area contributed by atoms with Crippen molar-refractivity contribution in [2.45, 2.75) is 38.5 Å². The van der Waals surface area contributed by atoms with Crippen molar-refractivity contribution in [1.29, 1.82) is 0 Å². The highest BCUT2D eigenvalue weighted by molar-refractivity contribution is 5.91. The Balaban J connectivity index is 1.98. The normalized spacial score (nSPS) is 16.6. The molecule has 0 bridgehead atoms. The topological polar surface area (TPSA) is 55.1 Å². The van der Waals surface area contributed by atoms with Crippen LogP contribution in [-0.2, 0) is 10.2 Å². The van der Waals surface area contributed by atoms with E-state index < -0.39 is 0 Å². The van der Waals surface area contributed by atoms with Crippen LogP contribution < -0.4 is 11.1 Å². The molecule has 0 unspecified atom stereocenters. The number of hydrogen-bond acceptors (Lipinski definition) is 2. The van der Waals surface area contributed by atoms with Crippen molar-refractivity contribution in [2.24, 2.45) is 5.92 Å². The van der Waals surface area contributed by atoms with Gasteiger partial charge in [-0.15, -0.1) is 0 Å². The van der Waals surface area contributed by atoms with Gasteiger partial charge in [0.1, 0.15) is 0 Å². The number of nitrogens with two attached hydrogens (primary N) is 1. The first-order valence-electron chi connectivity index (χ1n) is 6.69. The summed E-state index contributed by atoms with van der Waals surface area (Å²) in [7, 11) is 0. The lowest BCUT2D eigenvalue weighted by Crippen LogP contribution is -2.35. The fourth-order valence-electron chi connectivity index (χ4n) is 2.22. The van der Waals surface area contributed by atoms with Crippen LogP contribution in [-0.4, -0.2) is 12.5 Å². The number of rotatable bonds is 5. The molecule has 0 aliphatic heterocycles. The molecule has 0 heterocycles. The van der Waals surface area contributed by atoms with Gasteiger partial charge in [0.25, 0.3) is 0 Å². The first kappa shape index (κ1) is 12.9. The summed E-state index contributed by atoms with van der Waals surface area (Å²) in [4.78, 5) is 12.3. The molecule has 1 fully saturated rings. The standard InChI is InChI=1S/C15H22N2O/c1-11(2)7-10-17-14(18)15(8-9-15)12-3-5-13(16)6-4-12/h3-6,11H,7-10,16H2,1-2H3,(H,17,18). The van der Waals surface area contributed by atoms with Crippen molar-refractivity contribution in [1.82, 2.24) is 5.32 Å². The van der Waals surface area contributed by atoms with Crippen LogP contribution in [0.5, 0.6) is 0 Å². The fraction of sp³-hybridized carbons (Fsp3) is 0.533. The smallest absolute Gasteiger partial charge is 0.230 e. The van der Waals surface area contributed by atoms with Gasteiger partial charge in [-0.05, 0) is 42.9 Å². The van der Waals surface area contributed by atoms with Crippen LogP contribution in [0.4, 0.5) is 5.69 Å². The first-order chi connectivity index (χ1) is 8.54. The van der Waals surface area contributed by atoms with E-state index in [2.05, 4.69) is 19.2 Å². The molecule has 0 spiro atoms. The summed E-state index contributed by atoms with van der Waals surface area (Å²) in [6.45, 7) is 5.10. The summed E-state index contributed by atoms with van der Waals surface area (Å²) >= 11 is 0. The zero-order valence-electron chi connectivity index (χ0n) is 11.2. The zero-order valence-corrected chi connectivity index (χ0v) is 11.2. The predicted molar refractivity (Wildman–Crippen MR) is 74.2 cm³/mol. The highest BCUT2D eigenvalue weighted by Crippen LogP contribution is 2.48. The Morgan fingerprint density at radius 1 is 1.33 bits per heavy atom. The lowest BCUT2D eigenvalue weighted by Gasteiger charge is -2.16. The van der Waals surface area contributed by atoms with Crippen LogP contribution >= 0.6 is 0 Å². The molecule has 0 radical (unpaired) electrons. The Bertz CT molecular complexity index is 419. The van der Waals surface area contributed by atoms with Gasteiger partial charge in [-0.25, -0.2) is 0 Å². The SMILES string of the molecule is CC(C)CCNC(=O)C1(c2ccc(N)cc2)CC1. The van der Waals surface area contributed by atoms with Crippen molar-refractivity contribution in [3.63, 3.8) is 0 Å². The molecule has 18 heavy (non-hydrogen) atoms. The Morgan fingerprint density at radius 2 is 1.94 bits per heavy atom. The van der Waals surface area contributed by atoms with E-state index in [-0.39, 0.29) is 11.3 Å². The minimum Gasteiger partial charge on any atom is -0.399 e. The van der Waals surface area contributed by atoms with Crippen LogP contribution in [0.3, 0.4) is 0 Å². The number of carbonyl (C=O) groups excluding carboxylic acids is 1. The molecule has 1 amide bonds. The van der Waals surface area contributed by atoms with Crippen molar-refractivity contribution < 1.29 is 4.79 Å². The highest BCUT2D eigenvalue weighted by Gasteiger charge is 2.50. The second-order valence-electron chi connectivity index (χ2n) is 5.64. The van der Waals surface area contributed by atoms with Crippen molar-refractivity contribution in [3.05, 3.63) is 29.8 Å². The molecule has 2 rings (SSSR count). The van der Waals surface area contributed by atoms with Gasteiger partial charge in [-0.1, -0.05) is 26.0 Å². The van der Waals surface area contributed by atoms with Crippen molar-refractivity contribution in [2.75, 3.05) is 12.3 Å². The zero-order chi connectivity index (χ0) is 13.2. The van der Waals surface area contributed by atoms with E-state index in [0.29, 0.717) is 5.92 Å². The molecule has 1 aliphatic rings. The summed E-state index contributed by atoms with van der Waals surface area (Å²) in [6, 6.07) is 7.70. The molecule has 98 valence electrons. The van der Waals surface area contributed by atoms with E-state index in [1.807, 2.05) is 24.3 Å². The minimum absolute atomic E-state index is 0.174. The molecular weight excluding hydrogens is 224 g/mol. The Hall–Kier alpha value is -1.51.